The van der Waals surface area contributed by atoms with Crippen LogP contribution in [0.4, 0.5) is 28.6 Å². The van der Waals surface area contributed by atoms with E-state index in [9.17, 15) is 41.9 Å². The molecule has 0 saturated heterocycles. The van der Waals surface area contributed by atoms with Crippen molar-refractivity contribution in [2.45, 2.75) is 242 Å². The number of alkyl carbamates (subject to hydrolysis) is 2. The third-order valence-electron chi connectivity index (χ3n) is 19.4. The van der Waals surface area contributed by atoms with Crippen LogP contribution in [0, 0.1) is 11.8 Å². The second-order valence-corrected chi connectivity index (χ2v) is 31.1. The molecular formula is C80H104ClF3N10O11Pt. The van der Waals surface area contributed by atoms with Gasteiger partial charge in [-0.15, -0.1) is 0 Å². The van der Waals surface area contributed by atoms with Crippen molar-refractivity contribution in [3.63, 3.8) is 0 Å². The second kappa shape index (κ2) is 40.1. The summed E-state index contributed by atoms with van der Waals surface area (Å²) in [5.41, 5.74) is 18.5. The molecule has 5 saturated carbocycles. The number of halogens is 4. The van der Waals surface area contributed by atoms with Crippen LogP contribution < -0.4 is 32.3 Å². The number of nitrogens with one attached hydrogen (secondary N) is 6. The molecule has 12 rings (SSSR count). The molecule has 4 atom stereocenters. The van der Waals surface area contributed by atoms with Crippen molar-refractivity contribution in [2.75, 3.05) is 18.4 Å². The van der Waals surface area contributed by atoms with Crippen LogP contribution in [-0.4, -0.2) is 112 Å². The Bertz CT molecular complexity index is 3860. The Balaban J connectivity index is 0.000000204. The van der Waals surface area contributed by atoms with Gasteiger partial charge in [-0.2, -0.15) is 18.3 Å². The number of aromatic amines is 1. The summed E-state index contributed by atoms with van der Waals surface area (Å²) in [6.07, 6.45) is 19.3. The molecule has 8 N–H and O–H groups in total. The topological polar surface area (TPSA) is 312 Å². The van der Waals surface area contributed by atoms with Gasteiger partial charge in [-0.3, -0.25) is 39.1 Å². The van der Waals surface area contributed by atoms with Crippen molar-refractivity contribution in [3.8, 4) is 0 Å². The number of aldehydes is 1. The number of H-pyrrole nitrogens is 1. The molecule has 3 aromatic carbocycles. The summed E-state index contributed by atoms with van der Waals surface area (Å²) in [4.78, 5) is 89.3. The van der Waals surface area contributed by atoms with Gasteiger partial charge < -0.3 is 41.8 Å². The Morgan fingerprint density at radius 2 is 0.962 bits per heavy atom. The Labute approximate surface area is 633 Å². The van der Waals surface area contributed by atoms with Crippen molar-refractivity contribution in [1.29, 1.82) is 0 Å². The number of carbonyl (C=O) groups is 7. The number of allylic oxidation sites excluding steroid dienone is 4. The monoisotopic (exact) mass is 1670 g/mol. The van der Waals surface area contributed by atoms with E-state index in [1.807, 2.05) is 86.6 Å². The first-order valence-corrected chi connectivity index (χ1v) is 38.8. The van der Waals surface area contributed by atoms with Gasteiger partial charge in [0.05, 0.1) is 30.8 Å². The van der Waals surface area contributed by atoms with Gasteiger partial charge in [0.1, 0.15) is 11.2 Å². The molecule has 8 aliphatic rings. The van der Waals surface area contributed by atoms with Crippen molar-refractivity contribution >= 4 is 75.9 Å². The molecule has 5 amide bonds. The zero-order chi connectivity index (χ0) is 77.5. The summed E-state index contributed by atoms with van der Waals surface area (Å²) in [5, 5.41) is 21.7. The predicted octanol–water partition coefficient (Wildman–Crippen LogP) is 15.8. The number of benzene rings is 3. The third kappa shape index (κ3) is 29.5. The van der Waals surface area contributed by atoms with E-state index in [0.29, 0.717) is 54.5 Å². The molecule has 2 aliphatic heterocycles. The summed E-state index contributed by atoms with van der Waals surface area (Å²) >= 11 is 2.79. The van der Waals surface area contributed by atoms with E-state index in [0.717, 1.165) is 109 Å². The van der Waals surface area contributed by atoms with Gasteiger partial charge in [0.2, 0.25) is 29.3 Å². The first-order chi connectivity index (χ1) is 50.2. The minimum absolute atomic E-state index is 0.00851. The van der Waals surface area contributed by atoms with Crippen LogP contribution in [0.25, 0.3) is 5.57 Å². The fourth-order valence-corrected chi connectivity index (χ4v) is 12.8. The zero-order valence-corrected chi connectivity index (χ0v) is 65.2. The number of hydrogen-bond acceptors (Lipinski definition) is 15. The first kappa shape index (κ1) is 85.0. The molecule has 6 aliphatic carbocycles. The van der Waals surface area contributed by atoms with Crippen molar-refractivity contribution < 1.29 is 81.5 Å². The molecule has 0 spiro atoms. The first-order valence-electron chi connectivity index (χ1n) is 36.6. The van der Waals surface area contributed by atoms with E-state index in [2.05, 4.69) is 126 Å². The molecule has 4 unspecified atom stereocenters. The normalized spacial score (nSPS) is 21.2. The average molecular weight is 1670 g/mol. The zero-order valence-electron chi connectivity index (χ0n) is 62.1. The van der Waals surface area contributed by atoms with Crippen LogP contribution in [0.5, 0.6) is 0 Å². The van der Waals surface area contributed by atoms with Crippen LogP contribution in [0.3, 0.4) is 0 Å². The third-order valence-corrected chi connectivity index (χ3v) is 19.5. The van der Waals surface area contributed by atoms with Crippen molar-refractivity contribution in [2.24, 2.45) is 27.6 Å². The van der Waals surface area contributed by atoms with E-state index in [1.165, 1.54) is 73.6 Å². The number of ether oxygens (including phenoxy) is 2. The van der Waals surface area contributed by atoms with Crippen LogP contribution in [0.1, 0.15) is 246 Å². The maximum atomic E-state index is 12.7. The summed E-state index contributed by atoms with van der Waals surface area (Å²) in [6, 6.07) is 27.9. The molecule has 0 bridgehead atoms. The number of rotatable bonds is 18. The summed E-state index contributed by atoms with van der Waals surface area (Å²) < 4.78 is 59.0. The van der Waals surface area contributed by atoms with E-state index in [4.69, 9.17) is 38.4 Å². The number of hydrogen-bond donors (Lipinski definition) is 7. The number of alkyl halides is 3. The molecule has 21 nitrogen and oxygen atoms in total. The Morgan fingerprint density at radius 3 is 1.33 bits per heavy atom. The number of anilines is 1. The van der Waals surface area contributed by atoms with Crippen LogP contribution in [-0.2, 0) is 58.7 Å². The molecule has 1 aromatic heterocycles. The van der Waals surface area contributed by atoms with Gasteiger partial charge in [-0.1, -0.05) is 85.5 Å². The van der Waals surface area contributed by atoms with Gasteiger partial charge in [0.15, 0.2) is 5.82 Å². The van der Waals surface area contributed by atoms with Crippen LogP contribution in [0.15, 0.2) is 131 Å². The van der Waals surface area contributed by atoms with Crippen LogP contribution >= 0.6 is 11.6 Å². The molecule has 4 aromatic rings. The number of aliphatic imine (C=N–C) groups is 2. The van der Waals surface area contributed by atoms with E-state index in [-0.39, 0.29) is 59.7 Å². The molecule has 3 heterocycles. The Kier molecular flexibility index (Phi) is 32.2. The predicted molar refractivity (Wildman–Crippen MR) is 399 cm³/mol. The summed E-state index contributed by atoms with van der Waals surface area (Å²) in [5.74, 6) is 2.93. The van der Waals surface area contributed by atoms with Crippen molar-refractivity contribution in [1.82, 2.24) is 31.5 Å². The molecule has 0 radical (unpaired) electrons. The van der Waals surface area contributed by atoms with Gasteiger partial charge >= 0.3 is 43.6 Å². The molecule has 26 heteroatoms. The minimum atomic E-state index is -4.64. The summed E-state index contributed by atoms with van der Waals surface area (Å²) in [7, 11) is 0. The molecule has 5 fully saturated rings. The number of nitrogens with zero attached hydrogens (tertiary/aromatic N) is 3. The quantitative estimate of drug-likeness (QED) is 0.0277. The number of amides is 5. The van der Waals surface area contributed by atoms with Gasteiger partial charge in [-0.25, -0.2) is 9.59 Å². The SMILES string of the molecule is C=CC(=O)Cl.CC(C(=O)NC1=CC(C2CC2)=NC1)c1ccc(C2=CCC(NC(=O)OC(C)(C)C)CC2)cc1.CC(C(=O)NC1=CC(C2CC2)=NC1)c1ccc(C2CCC(NC(=O)OC(C)(C)C)CC2)cc1.CC(C(=O)Nc1cc(C2CC2)[nH]n1)c1ccc(C2CCC(N)CC2)cc1.O=CC(F)(F)F.[O]=[Pt]=[O]. The fraction of sp³-hybridized carbons (Fsp3) is 0.525. The second-order valence-electron chi connectivity index (χ2n) is 30.3. The van der Waals surface area contributed by atoms with Gasteiger partial charge in [-0.05, 0) is 252 Å². The molecular weight excluding hydrogens is 1560 g/mol. The Hall–Kier alpha value is -8.21. The van der Waals surface area contributed by atoms with Gasteiger partial charge in [0, 0.05) is 70.5 Å². The average Bonchev–Trinajstić information content (AvgIpc) is 1.67. The van der Waals surface area contributed by atoms with Crippen molar-refractivity contribution in [3.05, 3.63) is 160 Å². The maximum absolute atomic E-state index is 12.7. The van der Waals surface area contributed by atoms with E-state index < -0.39 is 47.4 Å². The van der Waals surface area contributed by atoms with Gasteiger partial charge in [0.25, 0.3) is 0 Å². The fourth-order valence-electron chi connectivity index (χ4n) is 12.8. The number of carbonyl (C=O) groups excluding carboxylic acids is 7. The molecule has 106 heavy (non-hydrogen) atoms. The summed E-state index contributed by atoms with van der Waals surface area (Å²) in [6.45, 7) is 21.3. The Morgan fingerprint density at radius 1 is 0.585 bits per heavy atom. The van der Waals surface area contributed by atoms with E-state index in [1.54, 1.807) is 0 Å². The standard InChI is InChI=1S/C27H37N3O3.C27H35N3O3.C21H28N4O.C3H3ClO.C2HF3O.2O.Pt/c2*1-17(25(31)29-23-15-24(28-16-23)21-9-10-21)18-5-7-19(8-6-18)20-11-13-22(14-12-20)30-26(32)33-27(2,3)4;1-13(21(26)23-20-12-19(24-25-20)17-6-7-17)14-2-4-15(5-3-14)16-8-10-18(22)11-9-16;1-2-3(4)5;3-2(4,5)1-6;;;/h5-8,15,17,20-22H,9-14,16H2,1-4H3,(H,29,31)(H,30,32);5-8,11,15,17,21-22H,9-10,12-14,16H2,1-4H3,(H,29,31)(H,30,32);2-5,12-13,16-18H,6-11,22H2,1H3,(H2,23,24,25,26);2H,1H2;1H;;;. The number of nitrogens with two attached hydrogens (primary N) is 1. The van der Waals surface area contributed by atoms with Crippen LogP contribution in [0.2, 0.25) is 0 Å². The number of aromatic nitrogens is 2. The molecule has 578 valence electrons. The van der Waals surface area contributed by atoms with E-state index >= 15 is 0 Å².